The molecule has 0 aromatic heterocycles. The van der Waals surface area contributed by atoms with Crippen molar-refractivity contribution in [3.8, 4) is 0 Å². The number of nitrogens with one attached hydrogen (secondary N) is 1. The fourth-order valence-corrected chi connectivity index (χ4v) is 2.73. The summed E-state index contributed by atoms with van der Waals surface area (Å²) in [4.78, 5) is 11.3. The summed E-state index contributed by atoms with van der Waals surface area (Å²) < 4.78 is 5.24. The number of carbonyl (C=O) groups excluding carboxylic acids is 1. The third-order valence-electron chi connectivity index (χ3n) is 3.91. The lowest BCUT2D eigenvalue weighted by molar-refractivity contribution is -0.143. The lowest BCUT2D eigenvalue weighted by Crippen LogP contribution is -2.40. The molecule has 3 heteroatoms. The van der Waals surface area contributed by atoms with E-state index in [1.165, 1.54) is 43.7 Å². The maximum atomic E-state index is 11.3. The van der Waals surface area contributed by atoms with Crippen LogP contribution in [0.2, 0.25) is 0 Å². The van der Waals surface area contributed by atoms with Crippen molar-refractivity contribution in [2.75, 3.05) is 0 Å². The van der Waals surface area contributed by atoms with Crippen LogP contribution in [0.1, 0.15) is 57.9 Å². The summed E-state index contributed by atoms with van der Waals surface area (Å²) >= 11 is 0. The molecular weight excluding hydrogens is 286 g/mol. The molecule has 0 amide bonds. The average Bonchev–Trinajstić information content (AvgIpc) is 2.55. The molecule has 23 heavy (non-hydrogen) atoms. The van der Waals surface area contributed by atoms with Crippen LogP contribution in [0, 0.1) is 0 Å². The highest BCUT2D eigenvalue weighted by atomic mass is 16.6. The van der Waals surface area contributed by atoms with E-state index in [9.17, 15) is 4.79 Å². The molecule has 1 aromatic rings. The van der Waals surface area contributed by atoms with Crippen LogP contribution in [0.15, 0.2) is 43.0 Å². The minimum atomic E-state index is -0.383. The highest BCUT2D eigenvalue weighted by molar-refractivity contribution is 5.81. The molecule has 128 valence electrons. The number of hydrogen-bond donors (Lipinski definition) is 1. The zero-order valence-electron chi connectivity index (χ0n) is 14.6. The van der Waals surface area contributed by atoms with Crippen LogP contribution in [0.5, 0.6) is 0 Å². The molecule has 0 aliphatic heterocycles. The Balaban J connectivity index is 2.49. The lowest BCUT2D eigenvalue weighted by atomic mass is 9.99. The van der Waals surface area contributed by atoms with Crippen molar-refractivity contribution in [1.82, 2.24) is 5.32 Å². The molecule has 0 aliphatic carbocycles. The van der Waals surface area contributed by atoms with Gasteiger partial charge in [0.1, 0.15) is 0 Å². The Hall–Kier alpha value is -1.61. The van der Waals surface area contributed by atoms with Crippen LogP contribution < -0.4 is 5.32 Å². The van der Waals surface area contributed by atoms with Crippen LogP contribution in [-0.2, 0) is 16.0 Å². The van der Waals surface area contributed by atoms with E-state index in [0.717, 1.165) is 12.8 Å². The van der Waals surface area contributed by atoms with Gasteiger partial charge >= 0.3 is 5.97 Å². The predicted molar refractivity (Wildman–Crippen MR) is 96.2 cm³/mol. The van der Waals surface area contributed by atoms with Gasteiger partial charge in [-0.3, -0.25) is 5.32 Å². The van der Waals surface area contributed by atoms with E-state index >= 15 is 0 Å². The van der Waals surface area contributed by atoms with E-state index in [4.69, 9.17) is 4.74 Å². The van der Waals surface area contributed by atoms with Gasteiger partial charge in [0.2, 0.25) is 0 Å². The third kappa shape index (κ3) is 9.19. The monoisotopic (exact) mass is 317 g/mol. The quantitative estimate of drug-likeness (QED) is 0.264. The Labute approximate surface area is 141 Å². The minimum Gasteiger partial charge on any atom is -0.444 e. The second kappa shape index (κ2) is 11.9. The Morgan fingerprint density at radius 3 is 2.57 bits per heavy atom. The Bertz CT molecular complexity index is 444. The van der Waals surface area contributed by atoms with Crippen molar-refractivity contribution in [3.05, 3.63) is 48.6 Å². The molecule has 2 atom stereocenters. The first-order chi connectivity index (χ1) is 11.2. The standard InChI is InChI=1S/C20H31NO2/c1-4-6-7-8-12-15-19(16-18-13-10-9-11-14-18)21-17(3)23-20(22)5-2/h5,9-11,13-14,17,19,21H,2,4,6-8,12,15-16H2,1,3H3. The second-order valence-corrected chi connectivity index (χ2v) is 6.04. The molecule has 3 nitrogen and oxygen atoms in total. The van der Waals surface area contributed by atoms with Gasteiger partial charge in [-0.25, -0.2) is 4.79 Å². The summed E-state index contributed by atoms with van der Waals surface area (Å²) in [6.07, 6.45) is 9.28. The zero-order chi connectivity index (χ0) is 16.9. The zero-order valence-corrected chi connectivity index (χ0v) is 14.6. The molecule has 0 saturated carbocycles. The largest absolute Gasteiger partial charge is 0.444 e. The molecule has 0 fully saturated rings. The van der Waals surface area contributed by atoms with Crippen LogP contribution in [0.4, 0.5) is 0 Å². The second-order valence-electron chi connectivity index (χ2n) is 6.04. The number of benzene rings is 1. The molecule has 0 spiro atoms. The van der Waals surface area contributed by atoms with Crippen molar-refractivity contribution >= 4 is 5.97 Å². The summed E-state index contributed by atoms with van der Waals surface area (Å²) in [5.41, 5.74) is 1.31. The van der Waals surface area contributed by atoms with Crippen molar-refractivity contribution in [2.24, 2.45) is 0 Å². The SMILES string of the molecule is C=CC(=O)OC(C)NC(CCCCCCC)Cc1ccccc1. The van der Waals surface area contributed by atoms with Gasteiger partial charge < -0.3 is 4.74 Å². The van der Waals surface area contributed by atoms with Gasteiger partial charge in [0.25, 0.3) is 0 Å². The van der Waals surface area contributed by atoms with Crippen molar-refractivity contribution in [1.29, 1.82) is 0 Å². The van der Waals surface area contributed by atoms with E-state index in [-0.39, 0.29) is 12.2 Å². The van der Waals surface area contributed by atoms with Gasteiger partial charge in [0.15, 0.2) is 6.23 Å². The van der Waals surface area contributed by atoms with Gasteiger partial charge in [-0.05, 0) is 25.3 Å². The molecular formula is C20H31NO2. The highest BCUT2D eigenvalue weighted by Gasteiger charge is 2.14. The smallest absolute Gasteiger partial charge is 0.331 e. The Morgan fingerprint density at radius 2 is 1.91 bits per heavy atom. The van der Waals surface area contributed by atoms with Gasteiger partial charge in [-0.1, -0.05) is 75.9 Å². The van der Waals surface area contributed by atoms with Gasteiger partial charge in [-0.15, -0.1) is 0 Å². The number of ether oxygens (including phenoxy) is 1. The van der Waals surface area contributed by atoms with Crippen LogP contribution in [0.25, 0.3) is 0 Å². The molecule has 0 heterocycles. The van der Waals surface area contributed by atoms with E-state index in [2.05, 4.69) is 43.1 Å². The normalized spacial score (nSPS) is 13.3. The number of esters is 1. The Morgan fingerprint density at radius 1 is 1.22 bits per heavy atom. The first kappa shape index (κ1) is 19.4. The van der Waals surface area contributed by atoms with Gasteiger partial charge in [0, 0.05) is 12.1 Å². The van der Waals surface area contributed by atoms with Crippen LogP contribution in [-0.4, -0.2) is 18.2 Å². The first-order valence-corrected chi connectivity index (χ1v) is 8.78. The summed E-state index contributed by atoms with van der Waals surface area (Å²) in [5, 5.41) is 3.43. The minimum absolute atomic E-state index is 0.301. The van der Waals surface area contributed by atoms with Gasteiger partial charge in [-0.2, -0.15) is 0 Å². The molecule has 1 N–H and O–H groups in total. The molecule has 0 radical (unpaired) electrons. The summed E-state index contributed by atoms with van der Waals surface area (Å²) in [7, 11) is 0. The number of hydrogen-bond acceptors (Lipinski definition) is 3. The van der Waals surface area contributed by atoms with Crippen LogP contribution >= 0.6 is 0 Å². The molecule has 0 bridgehead atoms. The lowest BCUT2D eigenvalue weighted by Gasteiger charge is -2.23. The average molecular weight is 317 g/mol. The third-order valence-corrected chi connectivity index (χ3v) is 3.91. The van der Waals surface area contributed by atoms with Gasteiger partial charge in [0.05, 0.1) is 0 Å². The Kier molecular flexibility index (Phi) is 10.0. The van der Waals surface area contributed by atoms with Crippen molar-refractivity contribution in [3.63, 3.8) is 0 Å². The topological polar surface area (TPSA) is 38.3 Å². The number of rotatable bonds is 12. The van der Waals surface area contributed by atoms with E-state index < -0.39 is 0 Å². The summed E-state index contributed by atoms with van der Waals surface area (Å²) in [6.45, 7) is 7.54. The first-order valence-electron chi connectivity index (χ1n) is 8.78. The predicted octanol–water partition coefficient (Wildman–Crippen LogP) is 4.62. The van der Waals surface area contributed by atoms with Crippen molar-refractivity contribution in [2.45, 2.75) is 71.1 Å². The fourth-order valence-electron chi connectivity index (χ4n) is 2.73. The maximum absolute atomic E-state index is 11.3. The summed E-state index contributed by atoms with van der Waals surface area (Å²) in [5.74, 6) is -0.383. The van der Waals surface area contributed by atoms with E-state index in [1.54, 1.807) is 0 Å². The molecule has 0 saturated heterocycles. The molecule has 1 rings (SSSR count). The fraction of sp³-hybridized carbons (Fsp3) is 0.550. The number of carbonyl (C=O) groups is 1. The van der Waals surface area contributed by atoms with E-state index in [0.29, 0.717) is 6.04 Å². The summed E-state index contributed by atoms with van der Waals surface area (Å²) in [6, 6.07) is 10.8. The highest BCUT2D eigenvalue weighted by Crippen LogP contribution is 2.12. The molecule has 0 aliphatic rings. The number of unbranched alkanes of at least 4 members (excludes halogenated alkanes) is 4. The maximum Gasteiger partial charge on any atom is 0.331 e. The molecule has 2 unspecified atom stereocenters. The van der Waals surface area contributed by atoms with E-state index in [1.807, 2.05) is 13.0 Å². The van der Waals surface area contributed by atoms with Crippen molar-refractivity contribution < 1.29 is 9.53 Å². The molecule has 1 aromatic carbocycles. The van der Waals surface area contributed by atoms with Crippen LogP contribution in [0.3, 0.4) is 0 Å².